The molecule has 3 aliphatic rings. The van der Waals surface area contributed by atoms with Gasteiger partial charge in [-0.25, -0.2) is 19.2 Å². The molecule has 7 nitrogen and oxygen atoms in total. The van der Waals surface area contributed by atoms with Crippen LogP contribution in [0, 0.1) is 11.2 Å². The number of ether oxygens (including phenoxy) is 1. The second-order valence-corrected chi connectivity index (χ2v) is 12.4. The fourth-order valence-electron chi connectivity index (χ4n) is 6.32. The minimum Gasteiger partial charge on any atom is -0.481 e. The van der Waals surface area contributed by atoms with Crippen molar-refractivity contribution in [1.29, 1.82) is 0 Å². The van der Waals surface area contributed by atoms with E-state index in [1.165, 1.54) is 12.1 Å². The Bertz CT molecular complexity index is 1740. The zero-order valence-electron chi connectivity index (χ0n) is 23.5. The van der Waals surface area contributed by atoms with Crippen LogP contribution in [0.5, 0.6) is 5.75 Å². The van der Waals surface area contributed by atoms with Gasteiger partial charge < -0.3 is 14.4 Å². The number of alkyl halides is 1. The van der Waals surface area contributed by atoms with E-state index in [-0.39, 0.29) is 11.6 Å². The number of imidazole rings is 1. The molecule has 10 heteroatoms. The quantitative estimate of drug-likeness (QED) is 0.229. The van der Waals surface area contributed by atoms with Crippen molar-refractivity contribution in [3.8, 4) is 5.75 Å². The Morgan fingerprint density at radius 3 is 2.63 bits per heavy atom. The third kappa shape index (κ3) is 5.40. The van der Waals surface area contributed by atoms with Crippen molar-refractivity contribution < 1.29 is 23.4 Å². The summed E-state index contributed by atoms with van der Waals surface area (Å²) in [5, 5.41) is 9.83. The van der Waals surface area contributed by atoms with Crippen molar-refractivity contribution in [3.05, 3.63) is 93.7 Å². The summed E-state index contributed by atoms with van der Waals surface area (Å²) in [6.45, 7) is 2.24. The molecule has 43 heavy (non-hydrogen) atoms. The Labute approximate surface area is 252 Å². The number of para-hydroxylation sites is 1. The van der Waals surface area contributed by atoms with Crippen LogP contribution < -0.4 is 4.74 Å². The van der Waals surface area contributed by atoms with Gasteiger partial charge in [0.1, 0.15) is 29.0 Å². The molecule has 1 N–H and O–H groups in total. The fourth-order valence-corrected chi connectivity index (χ4v) is 6.48. The molecule has 4 heterocycles. The summed E-state index contributed by atoms with van der Waals surface area (Å²) in [6, 6.07) is 13.9. The molecule has 1 aliphatic carbocycles. The molecule has 0 spiro atoms. The van der Waals surface area contributed by atoms with Gasteiger partial charge in [0, 0.05) is 28.1 Å². The lowest BCUT2D eigenvalue weighted by Crippen LogP contribution is -2.34. The number of fused-ring (bicyclic) bond motifs is 2. The summed E-state index contributed by atoms with van der Waals surface area (Å²) in [6.07, 6.45) is 6.74. The number of aromatic nitrogens is 3. The lowest BCUT2D eigenvalue weighted by atomic mass is 9.87. The summed E-state index contributed by atoms with van der Waals surface area (Å²) in [5.74, 6) is 0.355. The summed E-state index contributed by atoms with van der Waals surface area (Å²) >= 11 is 5.96. The lowest BCUT2D eigenvalue weighted by molar-refractivity contribution is 0.0690. The van der Waals surface area contributed by atoms with E-state index in [0.717, 1.165) is 61.5 Å². The molecule has 2 fully saturated rings. The molecule has 222 valence electrons. The minimum absolute atomic E-state index is 0.0459. The van der Waals surface area contributed by atoms with Gasteiger partial charge in [-0.15, -0.1) is 0 Å². The van der Waals surface area contributed by atoms with Crippen LogP contribution in [0.25, 0.3) is 17.2 Å². The highest BCUT2D eigenvalue weighted by atomic mass is 35.5. The van der Waals surface area contributed by atoms with Crippen LogP contribution in [0.15, 0.2) is 54.6 Å². The maximum atomic E-state index is 14.7. The Hall–Kier alpha value is -3.82. The number of halogens is 3. The van der Waals surface area contributed by atoms with Crippen molar-refractivity contribution >= 4 is 34.8 Å². The summed E-state index contributed by atoms with van der Waals surface area (Å²) in [7, 11) is 0. The zero-order chi connectivity index (χ0) is 29.7. The predicted octanol–water partition coefficient (Wildman–Crippen LogP) is 7.20. The van der Waals surface area contributed by atoms with Crippen LogP contribution in [0.1, 0.15) is 70.7 Å². The van der Waals surface area contributed by atoms with E-state index in [1.54, 1.807) is 18.2 Å². The van der Waals surface area contributed by atoms with Crippen molar-refractivity contribution in [2.24, 2.45) is 5.41 Å². The van der Waals surface area contributed by atoms with Gasteiger partial charge in [-0.05, 0) is 80.6 Å². The maximum Gasteiger partial charge on any atom is 0.354 e. The fraction of sp³-hybridized carbons (Fsp3) is 0.364. The number of hydrogen-bond donors (Lipinski definition) is 1. The molecule has 0 bridgehead atoms. The molecular weight excluding hydrogens is 574 g/mol. The topological polar surface area (TPSA) is 80.5 Å². The van der Waals surface area contributed by atoms with Crippen molar-refractivity contribution in [2.75, 3.05) is 19.8 Å². The van der Waals surface area contributed by atoms with E-state index in [9.17, 15) is 18.7 Å². The number of carboxylic acids is 1. The normalized spacial score (nSPS) is 19.7. The van der Waals surface area contributed by atoms with Gasteiger partial charge in [0.25, 0.3) is 0 Å². The van der Waals surface area contributed by atoms with Crippen LogP contribution in [-0.2, 0) is 13.1 Å². The van der Waals surface area contributed by atoms with Gasteiger partial charge in [-0.2, -0.15) is 0 Å². The van der Waals surface area contributed by atoms with Crippen molar-refractivity contribution in [3.63, 3.8) is 0 Å². The second-order valence-electron chi connectivity index (χ2n) is 12.0. The van der Waals surface area contributed by atoms with Gasteiger partial charge in [0.15, 0.2) is 11.3 Å². The predicted molar refractivity (Wildman–Crippen MR) is 160 cm³/mol. The van der Waals surface area contributed by atoms with E-state index < -0.39 is 30.0 Å². The monoisotopic (exact) mass is 604 g/mol. The summed E-state index contributed by atoms with van der Waals surface area (Å²) in [4.78, 5) is 23.1. The van der Waals surface area contributed by atoms with Crippen molar-refractivity contribution in [1.82, 2.24) is 19.4 Å². The van der Waals surface area contributed by atoms with E-state index in [1.807, 2.05) is 28.9 Å². The number of piperidine rings is 1. The highest BCUT2D eigenvalue weighted by Crippen LogP contribution is 2.48. The molecule has 1 saturated heterocycles. The summed E-state index contributed by atoms with van der Waals surface area (Å²) in [5.41, 5.74) is 3.21. The van der Waals surface area contributed by atoms with Crippen LogP contribution in [0.2, 0.25) is 5.02 Å². The molecule has 2 aromatic carbocycles. The lowest BCUT2D eigenvalue weighted by Gasteiger charge is -2.34. The molecule has 2 aliphatic heterocycles. The Balaban J connectivity index is 1.09. The average Bonchev–Trinajstić information content (AvgIpc) is 3.72. The number of nitrogens with zero attached hydrogens (tertiary/aromatic N) is 4. The number of hydrogen-bond acceptors (Lipinski definition) is 5. The van der Waals surface area contributed by atoms with E-state index >= 15 is 0 Å². The van der Waals surface area contributed by atoms with Gasteiger partial charge in [0.05, 0.1) is 13.2 Å². The number of carbonyl (C=O) groups is 1. The van der Waals surface area contributed by atoms with Gasteiger partial charge in [-0.1, -0.05) is 41.9 Å². The van der Waals surface area contributed by atoms with Crippen LogP contribution in [0.3, 0.4) is 0 Å². The molecule has 2 aromatic heterocycles. The van der Waals surface area contributed by atoms with Crippen molar-refractivity contribution in [2.45, 2.75) is 50.8 Å². The molecule has 1 atom stereocenters. The molecule has 0 radical (unpaired) electrons. The number of likely N-dealkylation sites (tertiary alicyclic amines) is 1. The van der Waals surface area contributed by atoms with Gasteiger partial charge >= 0.3 is 5.97 Å². The number of aromatic carboxylic acids is 1. The maximum absolute atomic E-state index is 14.7. The Kier molecular flexibility index (Phi) is 7.18. The number of carboxylic acid groups (broad SMARTS) is 1. The third-order valence-corrected chi connectivity index (χ3v) is 9.29. The number of benzene rings is 2. The van der Waals surface area contributed by atoms with Crippen LogP contribution >= 0.6 is 11.6 Å². The molecule has 4 aromatic rings. The third-order valence-electron chi connectivity index (χ3n) is 9.06. The standard InChI is InChI=1S/C33H31ClF2N4O3/c34-22-5-6-24(25(36)16-22)28-9-4-21-2-1-3-23(30(21)43-28)20-10-14-39(15-11-20)17-29-37-26-7-8-27(32(41)42)38-31(26)40(29)19-33(18-35)12-13-33/h1-9,16,20,28H,10-15,17-19H2,(H,41,42). The first kappa shape index (κ1) is 28.0. The van der Waals surface area contributed by atoms with Gasteiger partial charge in [-0.3, -0.25) is 9.29 Å². The first-order chi connectivity index (χ1) is 20.8. The largest absolute Gasteiger partial charge is 0.481 e. The van der Waals surface area contributed by atoms with E-state index in [4.69, 9.17) is 21.3 Å². The average molecular weight is 605 g/mol. The highest BCUT2D eigenvalue weighted by Gasteiger charge is 2.44. The molecule has 0 amide bonds. The molecule has 1 unspecified atom stereocenters. The Morgan fingerprint density at radius 2 is 1.91 bits per heavy atom. The molecular formula is C33H31ClF2N4O3. The minimum atomic E-state index is -1.10. The first-order valence-corrected chi connectivity index (χ1v) is 15.0. The smallest absolute Gasteiger partial charge is 0.354 e. The zero-order valence-corrected chi connectivity index (χ0v) is 24.2. The van der Waals surface area contributed by atoms with Crippen LogP contribution in [0.4, 0.5) is 8.78 Å². The Morgan fingerprint density at radius 1 is 1.09 bits per heavy atom. The van der Waals surface area contributed by atoms with Crippen LogP contribution in [-0.4, -0.2) is 50.3 Å². The van der Waals surface area contributed by atoms with Gasteiger partial charge in [0.2, 0.25) is 0 Å². The molecule has 1 saturated carbocycles. The number of rotatable bonds is 8. The molecule has 7 rings (SSSR count). The number of pyridine rings is 1. The van der Waals surface area contributed by atoms with E-state index in [2.05, 4.69) is 16.0 Å². The second kappa shape index (κ2) is 11.0. The summed E-state index contributed by atoms with van der Waals surface area (Å²) < 4.78 is 36.9. The van der Waals surface area contributed by atoms with E-state index in [0.29, 0.717) is 34.8 Å². The first-order valence-electron chi connectivity index (χ1n) is 14.6. The SMILES string of the molecule is O=C(O)c1ccc2nc(CN3CCC(c4cccc5c4OC(c4ccc(Cl)cc4F)C=C5)CC3)n(CC3(CF)CC3)c2n1. The highest BCUT2D eigenvalue weighted by molar-refractivity contribution is 6.30.